The molecule has 0 aliphatic heterocycles. The Bertz CT molecular complexity index is 341. The van der Waals surface area contributed by atoms with Crippen molar-refractivity contribution in [1.29, 1.82) is 0 Å². The third-order valence-corrected chi connectivity index (χ3v) is 3.45. The standard InChI is InChI=1S/C14H22BrNO/c1-4-6-13(5-2)16-10-11-9-12(15)7-8-14(11)17-3/h7-9,13,16H,4-6,10H2,1-3H3. The van der Waals surface area contributed by atoms with Crippen LogP contribution in [0, 0.1) is 0 Å². The second kappa shape index (κ2) is 7.72. The minimum Gasteiger partial charge on any atom is -0.496 e. The Hall–Kier alpha value is -0.540. The zero-order valence-electron chi connectivity index (χ0n) is 10.9. The van der Waals surface area contributed by atoms with Crippen LogP contribution in [0.25, 0.3) is 0 Å². The van der Waals surface area contributed by atoms with Crippen LogP contribution in [0.4, 0.5) is 0 Å². The number of rotatable bonds is 7. The van der Waals surface area contributed by atoms with Crippen molar-refractivity contribution in [2.45, 2.75) is 45.7 Å². The molecule has 0 heterocycles. The lowest BCUT2D eigenvalue weighted by atomic mass is 10.1. The highest BCUT2D eigenvalue weighted by Crippen LogP contribution is 2.23. The third kappa shape index (κ3) is 4.68. The Morgan fingerprint density at radius 3 is 2.71 bits per heavy atom. The summed E-state index contributed by atoms with van der Waals surface area (Å²) in [4.78, 5) is 0. The highest BCUT2D eigenvalue weighted by Gasteiger charge is 2.07. The van der Waals surface area contributed by atoms with Gasteiger partial charge >= 0.3 is 0 Å². The predicted octanol–water partition coefficient (Wildman–Crippen LogP) is 4.13. The molecule has 1 unspecified atom stereocenters. The van der Waals surface area contributed by atoms with Crippen molar-refractivity contribution >= 4 is 15.9 Å². The van der Waals surface area contributed by atoms with Gasteiger partial charge in [0.1, 0.15) is 5.75 Å². The van der Waals surface area contributed by atoms with Gasteiger partial charge in [-0.15, -0.1) is 0 Å². The highest BCUT2D eigenvalue weighted by atomic mass is 79.9. The van der Waals surface area contributed by atoms with Gasteiger partial charge in [-0.25, -0.2) is 0 Å². The lowest BCUT2D eigenvalue weighted by Crippen LogP contribution is -2.27. The fraction of sp³-hybridized carbons (Fsp3) is 0.571. The second-order valence-corrected chi connectivity index (χ2v) is 5.15. The average Bonchev–Trinajstić information content (AvgIpc) is 2.34. The zero-order chi connectivity index (χ0) is 12.7. The maximum atomic E-state index is 5.37. The molecule has 0 radical (unpaired) electrons. The molecule has 0 fully saturated rings. The number of hydrogen-bond acceptors (Lipinski definition) is 2. The summed E-state index contributed by atoms with van der Waals surface area (Å²) in [6.07, 6.45) is 3.62. The lowest BCUT2D eigenvalue weighted by Gasteiger charge is -2.17. The molecule has 0 saturated heterocycles. The van der Waals surface area contributed by atoms with Crippen LogP contribution in [-0.2, 0) is 6.54 Å². The van der Waals surface area contributed by atoms with E-state index < -0.39 is 0 Å². The number of halogens is 1. The molecular formula is C14H22BrNO. The molecule has 0 aliphatic rings. The maximum absolute atomic E-state index is 5.37. The second-order valence-electron chi connectivity index (χ2n) is 4.23. The smallest absolute Gasteiger partial charge is 0.123 e. The topological polar surface area (TPSA) is 21.3 Å². The van der Waals surface area contributed by atoms with Crippen molar-refractivity contribution in [1.82, 2.24) is 5.32 Å². The van der Waals surface area contributed by atoms with Gasteiger partial charge in [-0.2, -0.15) is 0 Å². The van der Waals surface area contributed by atoms with Crippen LogP contribution >= 0.6 is 15.9 Å². The van der Waals surface area contributed by atoms with Gasteiger partial charge in [0.15, 0.2) is 0 Å². The minimum absolute atomic E-state index is 0.601. The minimum atomic E-state index is 0.601. The quantitative estimate of drug-likeness (QED) is 0.817. The largest absolute Gasteiger partial charge is 0.496 e. The average molecular weight is 300 g/mol. The summed E-state index contributed by atoms with van der Waals surface area (Å²) in [5.41, 5.74) is 1.21. The van der Waals surface area contributed by atoms with Crippen molar-refractivity contribution in [2.24, 2.45) is 0 Å². The Kier molecular flexibility index (Phi) is 6.60. The Morgan fingerprint density at radius 1 is 1.35 bits per heavy atom. The van der Waals surface area contributed by atoms with Gasteiger partial charge < -0.3 is 10.1 Å². The van der Waals surface area contributed by atoms with Crippen molar-refractivity contribution in [3.63, 3.8) is 0 Å². The first-order chi connectivity index (χ1) is 8.21. The maximum Gasteiger partial charge on any atom is 0.123 e. The fourth-order valence-electron chi connectivity index (χ4n) is 1.94. The number of nitrogens with one attached hydrogen (secondary N) is 1. The number of hydrogen-bond donors (Lipinski definition) is 1. The summed E-state index contributed by atoms with van der Waals surface area (Å²) in [5, 5.41) is 3.59. The van der Waals surface area contributed by atoms with Crippen molar-refractivity contribution in [2.75, 3.05) is 7.11 Å². The summed E-state index contributed by atoms with van der Waals surface area (Å²) in [7, 11) is 1.72. The van der Waals surface area contributed by atoms with Gasteiger partial charge in [-0.05, 0) is 31.0 Å². The van der Waals surface area contributed by atoms with Crippen molar-refractivity contribution < 1.29 is 4.74 Å². The number of ether oxygens (including phenoxy) is 1. The van der Waals surface area contributed by atoms with Gasteiger partial charge in [-0.3, -0.25) is 0 Å². The van der Waals surface area contributed by atoms with Crippen LogP contribution < -0.4 is 10.1 Å². The number of methoxy groups -OCH3 is 1. The molecule has 1 atom stereocenters. The monoisotopic (exact) mass is 299 g/mol. The Labute approximate surface area is 113 Å². The van der Waals surface area contributed by atoms with Crippen LogP contribution in [0.3, 0.4) is 0 Å². The summed E-state index contributed by atoms with van der Waals surface area (Å²) in [5.74, 6) is 0.951. The van der Waals surface area contributed by atoms with Crippen LogP contribution in [-0.4, -0.2) is 13.2 Å². The third-order valence-electron chi connectivity index (χ3n) is 2.95. The Balaban J connectivity index is 2.63. The first-order valence-corrected chi connectivity index (χ1v) is 7.06. The fourth-order valence-corrected chi connectivity index (χ4v) is 2.35. The van der Waals surface area contributed by atoms with E-state index in [9.17, 15) is 0 Å². The van der Waals surface area contributed by atoms with E-state index in [0.29, 0.717) is 6.04 Å². The van der Waals surface area contributed by atoms with Gasteiger partial charge in [0.25, 0.3) is 0 Å². The summed E-state index contributed by atoms with van der Waals surface area (Å²) in [6.45, 7) is 5.32. The molecular weight excluding hydrogens is 278 g/mol. The lowest BCUT2D eigenvalue weighted by molar-refractivity contribution is 0.401. The van der Waals surface area contributed by atoms with Crippen LogP contribution in [0.1, 0.15) is 38.7 Å². The molecule has 0 aromatic heterocycles. The zero-order valence-corrected chi connectivity index (χ0v) is 12.5. The van der Waals surface area contributed by atoms with Gasteiger partial charge in [0, 0.05) is 22.6 Å². The molecule has 1 N–H and O–H groups in total. The van der Waals surface area contributed by atoms with Crippen molar-refractivity contribution in [3.05, 3.63) is 28.2 Å². The summed E-state index contributed by atoms with van der Waals surface area (Å²) in [6, 6.07) is 6.72. The number of benzene rings is 1. The molecule has 0 aliphatic carbocycles. The van der Waals surface area contributed by atoms with E-state index in [1.807, 2.05) is 12.1 Å². The summed E-state index contributed by atoms with van der Waals surface area (Å²) >= 11 is 3.50. The van der Waals surface area contributed by atoms with E-state index in [1.54, 1.807) is 7.11 Å². The molecule has 0 amide bonds. The van der Waals surface area contributed by atoms with Crippen LogP contribution in [0.15, 0.2) is 22.7 Å². The SMILES string of the molecule is CCCC(CC)NCc1cc(Br)ccc1OC. The molecule has 17 heavy (non-hydrogen) atoms. The van der Waals surface area contributed by atoms with Gasteiger partial charge in [0.05, 0.1) is 7.11 Å². The molecule has 0 spiro atoms. The Morgan fingerprint density at radius 2 is 2.12 bits per heavy atom. The van der Waals surface area contributed by atoms with E-state index in [0.717, 1.165) is 16.8 Å². The first-order valence-electron chi connectivity index (χ1n) is 6.27. The van der Waals surface area contributed by atoms with E-state index in [4.69, 9.17) is 4.74 Å². The van der Waals surface area contributed by atoms with E-state index in [-0.39, 0.29) is 0 Å². The molecule has 1 aromatic carbocycles. The molecule has 1 aromatic rings. The highest BCUT2D eigenvalue weighted by molar-refractivity contribution is 9.10. The first kappa shape index (κ1) is 14.5. The molecule has 96 valence electrons. The molecule has 1 rings (SSSR count). The van der Waals surface area contributed by atoms with E-state index in [1.165, 1.54) is 24.8 Å². The van der Waals surface area contributed by atoms with E-state index in [2.05, 4.69) is 41.2 Å². The molecule has 0 saturated carbocycles. The molecule has 3 heteroatoms. The van der Waals surface area contributed by atoms with Gasteiger partial charge in [0.2, 0.25) is 0 Å². The van der Waals surface area contributed by atoms with E-state index >= 15 is 0 Å². The summed E-state index contributed by atoms with van der Waals surface area (Å²) < 4.78 is 6.46. The predicted molar refractivity (Wildman–Crippen MR) is 76.5 cm³/mol. The van der Waals surface area contributed by atoms with Crippen LogP contribution in [0.5, 0.6) is 5.75 Å². The normalized spacial score (nSPS) is 12.5. The van der Waals surface area contributed by atoms with Crippen molar-refractivity contribution in [3.8, 4) is 5.75 Å². The van der Waals surface area contributed by atoms with Gasteiger partial charge in [-0.1, -0.05) is 36.2 Å². The van der Waals surface area contributed by atoms with Crippen LogP contribution in [0.2, 0.25) is 0 Å². The molecule has 0 bridgehead atoms. The molecule has 2 nitrogen and oxygen atoms in total.